The second kappa shape index (κ2) is 9.98. The van der Waals surface area contributed by atoms with Gasteiger partial charge in [0.25, 0.3) is 0 Å². The summed E-state index contributed by atoms with van der Waals surface area (Å²) in [4.78, 5) is 14.0. The molecule has 8 nitrogen and oxygen atoms in total. The lowest BCUT2D eigenvalue weighted by atomic mass is 10.0. The van der Waals surface area contributed by atoms with Gasteiger partial charge in [-0.3, -0.25) is 5.10 Å². The fraction of sp³-hybridized carbons (Fsp3) is 0.458. The number of carbonyl (C=O) groups is 1. The maximum absolute atomic E-state index is 11.9. The number of benzene rings is 1. The molecule has 2 fully saturated rings. The summed E-state index contributed by atoms with van der Waals surface area (Å²) in [5.74, 6) is 1.61. The molecule has 180 valence electrons. The predicted molar refractivity (Wildman–Crippen MR) is 129 cm³/mol. The molecule has 0 atom stereocenters. The molecule has 34 heavy (non-hydrogen) atoms. The summed E-state index contributed by atoms with van der Waals surface area (Å²) in [6.07, 6.45) is 3.96. The number of nitrogens with zero attached hydrogens (tertiary/aromatic N) is 3. The van der Waals surface area contributed by atoms with Gasteiger partial charge in [-0.2, -0.15) is 5.10 Å². The summed E-state index contributed by atoms with van der Waals surface area (Å²) in [6, 6.07) is 7.15. The van der Waals surface area contributed by atoms with Crippen molar-refractivity contribution in [3.05, 3.63) is 51.3 Å². The average Bonchev–Trinajstić information content (AvgIpc) is 3.40. The number of piperidine rings is 1. The number of hydrogen-bond acceptors (Lipinski definition) is 7. The van der Waals surface area contributed by atoms with Gasteiger partial charge < -0.3 is 18.9 Å². The van der Waals surface area contributed by atoms with E-state index in [4.69, 9.17) is 37.2 Å². The Hall–Kier alpha value is -2.55. The number of ether oxygens (including phenoxy) is 2. The van der Waals surface area contributed by atoms with Crippen molar-refractivity contribution in [1.29, 1.82) is 0 Å². The van der Waals surface area contributed by atoms with Crippen molar-refractivity contribution >= 4 is 35.0 Å². The molecule has 1 saturated heterocycles. The third-order valence-electron chi connectivity index (χ3n) is 6.26. The van der Waals surface area contributed by atoms with E-state index in [0.29, 0.717) is 46.1 Å². The average molecular weight is 505 g/mol. The molecule has 0 amide bonds. The minimum absolute atomic E-state index is 0.0937. The van der Waals surface area contributed by atoms with Gasteiger partial charge in [0.2, 0.25) is 0 Å². The van der Waals surface area contributed by atoms with Gasteiger partial charge in [-0.05, 0) is 44.7 Å². The fourth-order valence-corrected chi connectivity index (χ4v) is 4.86. The van der Waals surface area contributed by atoms with Gasteiger partial charge in [-0.15, -0.1) is 0 Å². The van der Waals surface area contributed by atoms with E-state index in [2.05, 4.69) is 20.3 Å². The Morgan fingerprint density at radius 2 is 1.94 bits per heavy atom. The predicted octanol–water partition coefficient (Wildman–Crippen LogP) is 5.61. The van der Waals surface area contributed by atoms with Crippen molar-refractivity contribution in [2.45, 2.75) is 51.2 Å². The quantitative estimate of drug-likeness (QED) is 0.398. The zero-order valence-electron chi connectivity index (χ0n) is 18.9. The standard InChI is InChI=1S/C24H26Cl2N4O4/c1-2-32-24(31)19-12-20(28-27-19)30-10-8-15(9-11-30)33-13-16-22(29-34-23(16)14-6-7-14)21-17(25)4-3-5-18(21)26/h3-5,12,14-15H,2,6-11,13H2,1H3,(H,27,28). The van der Waals surface area contributed by atoms with Crippen molar-refractivity contribution in [2.75, 3.05) is 24.6 Å². The van der Waals surface area contributed by atoms with Crippen LogP contribution >= 0.6 is 23.2 Å². The molecule has 2 aromatic heterocycles. The number of halogens is 2. The van der Waals surface area contributed by atoms with Crippen LogP contribution in [0.2, 0.25) is 10.0 Å². The van der Waals surface area contributed by atoms with Crippen LogP contribution in [-0.4, -0.2) is 47.1 Å². The van der Waals surface area contributed by atoms with E-state index in [1.165, 1.54) is 0 Å². The number of rotatable bonds is 8. The lowest BCUT2D eigenvalue weighted by molar-refractivity contribution is 0.0245. The van der Waals surface area contributed by atoms with Crippen molar-refractivity contribution < 1.29 is 18.8 Å². The van der Waals surface area contributed by atoms with Crippen LogP contribution in [0.3, 0.4) is 0 Å². The van der Waals surface area contributed by atoms with Crippen molar-refractivity contribution in [3.8, 4) is 11.3 Å². The van der Waals surface area contributed by atoms with Gasteiger partial charge in [0, 0.05) is 36.2 Å². The number of nitrogens with one attached hydrogen (secondary N) is 1. The molecule has 1 N–H and O–H groups in total. The summed E-state index contributed by atoms with van der Waals surface area (Å²) in [5.41, 5.74) is 2.65. The van der Waals surface area contributed by atoms with Gasteiger partial charge in [-0.25, -0.2) is 4.79 Å². The molecule has 0 bridgehead atoms. The lowest BCUT2D eigenvalue weighted by Crippen LogP contribution is -2.37. The number of H-pyrrole nitrogens is 1. The highest BCUT2D eigenvalue weighted by molar-refractivity contribution is 6.39. The molecule has 1 saturated carbocycles. The first-order valence-corrected chi connectivity index (χ1v) is 12.3. The first-order valence-electron chi connectivity index (χ1n) is 11.6. The molecule has 3 heterocycles. The Morgan fingerprint density at radius 3 is 2.62 bits per heavy atom. The van der Waals surface area contributed by atoms with Crippen LogP contribution in [-0.2, 0) is 16.1 Å². The summed E-state index contributed by atoms with van der Waals surface area (Å²) in [7, 11) is 0. The summed E-state index contributed by atoms with van der Waals surface area (Å²) in [5, 5.41) is 12.4. The molecule has 3 aromatic rings. The minimum Gasteiger partial charge on any atom is -0.461 e. The minimum atomic E-state index is -0.394. The number of carbonyl (C=O) groups excluding carboxylic acids is 1. The number of anilines is 1. The van der Waals surface area contributed by atoms with E-state index in [1.54, 1.807) is 25.1 Å². The SMILES string of the molecule is CCOC(=O)c1cc(N2CCC(OCc3c(-c4c(Cl)cccc4Cl)noc3C3CC3)CC2)n[nH]1. The topological polar surface area (TPSA) is 93.5 Å². The van der Waals surface area contributed by atoms with Crippen LogP contribution in [0.4, 0.5) is 5.82 Å². The monoisotopic (exact) mass is 504 g/mol. The molecule has 1 aliphatic heterocycles. The molecule has 0 radical (unpaired) electrons. The van der Waals surface area contributed by atoms with E-state index in [-0.39, 0.29) is 6.10 Å². The van der Waals surface area contributed by atoms with Crippen LogP contribution in [0.5, 0.6) is 0 Å². The van der Waals surface area contributed by atoms with Crippen molar-refractivity contribution in [3.63, 3.8) is 0 Å². The highest BCUT2D eigenvalue weighted by Gasteiger charge is 2.34. The Labute approximate surface area is 207 Å². The molecule has 1 aliphatic carbocycles. The van der Waals surface area contributed by atoms with E-state index >= 15 is 0 Å². The van der Waals surface area contributed by atoms with Gasteiger partial charge in [0.1, 0.15) is 17.1 Å². The summed E-state index contributed by atoms with van der Waals surface area (Å²) in [6.45, 7) is 4.06. The highest BCUT2D eigenvalue weighted by atomic mass is 35.5. The van der Waals surface area contributed by atoms with Crippen LogP contribution in [0.1, 0.15) is 60.3 Å². The van der Waals surface area contributed by atoms with E-state index in [0.717, 1.165) is 55.9 Å². The van der Waals surface area contributed by atoms with Gasteiger partial charge in [-0.1, -0.05) is 34.4 Å². The Bertz CT molecular complexity index is 1150. The van der Waals surface area contributed by atoms with Crippen LogP contribution in [0, 0.1) is 0 Å². The molecule has 2 aliphatic rings. The fourth-order valence-electron chi connectivity index (χ4n) is 4.29. The summed E-state index contributed by atoms with van der Waals surface area (Å²) < 4.78 is 17.1. The number of esters is 1. The third kappa shape index (κ3) is 4.80. The molecular formula is C24H26Cl2N4O4. The largest absolute Gasteiger partial charge is 0.461 e. The van der Waals surface area contributed by atoms with E-state index in [9.17, 15) is 4.79 Å². The lowest BCUT2D eigenvalue weighted by Gasteiger charge is -2.31. The van der Waals surface area contributed by atoms with Crippen LogP contribution in [0.15, 0.2) is 28.8 Å². The Kier molecular flexibility index (Phi) is 6.81. The van der Waals surface area contributed by atoms with Gasteiger partial charge >= 0.3 is 5.97 Å². The van der Waals surface area contributed by atoms with Crippen molar-refractivity contribution in [2.24, 2.45) is 0 Å². The smallest absolute Gasteiger partial charge is 0.356 e. The highest BCUT2D eigenvalue weighted by Crippen LogP contribution is 2.46. The van der Waals surface area contributed by atoms with Crippen LogP contribution in [0.25, 0.3) is 11.3 Å². The first kappa shape index (κ1) is 23.2. The number of aromatic nitrogens is 3. The Balaban J connectivity index is 1.24. The Morgan fingerprint density at radius 1 is 1.21 bits per heavy atom. The molecule has 10 heteroatoms. The molecule has 0 unspecified atom stereocenters. The molecule has 0 spiro atoms. The van der Waals surface area contributed by atoms with Gasteiger partial charge in [0.15, 0.2) is 5.82 Å². The molecule has 1 aromatic carbocycles. The zero-order chi connectivity index (χ0) is 23.7. The molecular weight excluding hydrogens is 479 g/mol. The second-order valence-electron chi connectivity index (χ2n) is 8.60. The van der Waals surface area contributed by atoms with Crippen LogP contribution < -0.4 is 4.90 Å². The normalized spacial score (nSPS) is 16.7. The van der Waals surface area contributed by atoms with Gasteiger partial charge in [0.05, 0.1) is 29.4 Å². The maximum atomic E-state index is 11.9. The van der Waals surface area contributed by atoms with E-state index in [1.807, 2.05) is 6.07 Å². The summed E-state index contributed by atoms with van der Waals surface area (Å²) >= 11 is 12.9. The zero-order valence-corrected chi connectivity index (χ0v) is 20.4. The van der Waals surface area contributed by atoms with E-state index < -0.39 is 5.97 Å². The molecule has 5 rings (SSSR count). The second-order valence-corrected chi connectivity index (χ2v) is 9.42. The third-order valence-corrected chi connectivity index (χ3v) is 6.89. The first-order chi connectivity index (χ1) is 16.5. The maximum Gasteiger partial charge on any atom is 0.356 e. The number of aromatic amines is 1. The number of hydrogen-bond donors (Lipinski definition) is 1. The van der Waals surface area contributed by atoms with Crippen molar-refractivity contribution in [1.82, 2.24) is 15.4 Å².